The first-order valence-corrected chi connectivity index (χ1v) is 5.92. The average Bonchev–Trinajstić information content (AvgIpc) is 2.17. The predicted octanol–water partition coefficient (Wildman–Crippen LogP) is 4.27. The number of benzene rings is 1. The summed E-state index contributed by atoms with van der Waals surface area (Å²) in [6.07, 6.45) is 2.28. The van der Waals surface area contributed by atoms with E-state index >= 15 is 0 Å². The first-order valence-electron chi connectivity index (χ1n) is 4.79. The zero-order valence-electron chi connectivity index (χ0n) is 8.18. The molecule has 0 saturated heterocycles. The molecule has 1 rings (SSSR count). The molecule has 0 spiro atoms. The molecule has 1 radical (unpaired) electrons. The highest BCUT2D eigenvalue weighted by atomic mass is 35.6. The molecule has 0 N–H and O–H groups in total. The fraction of sp³-hybridized carbons (Fsp3) is 0.455. The first kappa shape index (κ1) is 13.1. The molecule has 0 aromatic heterocycles. The SMILES string of the molecule is [O]CCCCc1ccccc1C(Cl)(Cl)Cl. The molecule has 1 nitrogen and oxygen atoms in total. The van der Waals surface area contributed by atoms with E-state index in [-0.39, 0.29) is 6.61 Å². The minimum atomic E-state index is -1.38. The van der Waals surface area contributed by atoms with Crippen LogP contribution in [-0.4, -0.2) is 6.61 Å². The maximum absolute atomic E-state index is 10.3. The number of hydrogen-bond acceptors (Lipinski definition) is 0. The molecular weight excluding hydrogens is 254 g/mol. The molecule has 1 aromatic carbocycles. The van der Waals surface area contributed by atoms with Crippen LogP contribution < -0.4 is 0 Å². The molecule has 0 fully saturated rings. The van der Waals surface area contributed by atoms with Crippen LogP contribution in [0.4, 0.5) is 0 Å². The smallest absolute Gasteiger partial charge is 0.216 e. The van der Waals surface area contributed by atoms with E-state index in [1.54, 1.807) is 6.07 Å². The molecule has 15 heavy (non-hydrogen) atoms. The number of unbranched alkanes of at least 4 members (excludes halogenated alkanes) is 1. The molecule has 0 bridgehead atoms. The van der Waals surface area contributed by atoms with E-state index < -0.39 is 3.79 Å². The van der Waals surface area contributed by atoms with Gasteiger partial charge in [0, 0.05) is 5.56 Å². The summed E-state index contributed by atoms with van der Waals surface area (Å²) in [6, 6.07) is 7.49. The van der Waals surface area contributed by atoms with Crippen molar-refractivity contribution in [2.75, 3.05) is 6.61 Å². The molecule has 0 unspecified atom stereocenters. The number of halogens is 3. The Morgan fingerprint density at radius 2 is 1.73 bits per heavy atom. The van der Waals surface area contributed by atoms with Crippen LogP contribution in [0.2, 0.25) is 0 Å². The van der Waals surface area contributed by atoms with Gasteiger partial charge >= 0.3 is 0 Å². The normalized spacial score (nSPS) is 11.7. The summed E-state index contributed by atoms with van der Waals surface area (Å²) in [5.74, 6) is 0. The van der Waals surface area contributed by atoms with Gasteiger partial charge in [-0.15, -0.1) is 0 Å². The highest BCUT2D eigenvalue weighted by molar-refractivity contribution is 6.66. The molecule has 0 amide bonds. The highest BCUT2D eigenvalue weighted by Crippen LogP contribution is 2.40. The second-order valence-electron chi connectivity index (χ2n) is 3.32. The van der Waals surface area contributed by atoms with Gasteiger partial charge < -0.3 is 0 Å². The van der Waals surface area contributed by atoms with Crippen molar-refractivity contribution in [3.05, 3.63) is 35.4 Å². The van der Waals surface area contributed by atoms with Crippen molar-refractivity contribution in [1.29, 1.82) is 0 Å². The Morgan fingerprint density at radius 1 is 1.07 bits per heavy atom. The number of aryl methyl sites for hydroxylation is 1. The maximum Gasteiger partial charge on any atom is 0.216 e. The quantitative estimate of drug-likeness (QED) is 0.573. The van der Waals surface area contributed by atoms with Crippen LogP contribution >= 0.6 is 34.8 Å². The van der Waals surface area contributed by atoms with Gasteiger partial charge in [-0.3, -0.25) is 0 Å². The Bertz CT molecular complexity index is 307. The van der Waals surface area contributed by atoms with Crippen molar-refractivity contribution in [3.8, 4) is 0 Å². The van der Waals surface area contributed by atoms with Crippen molar-refractivity contribution in [2.45, 2.75) is 23.1 Å². The number of alkyl halides is 3. The van der Waals surface area contributed by atoms with E-state index in [0.29, 0.717) is 12.0 Å². The summed E-state index contributed by atoms with van der Waals surface area (Å²) in [7, 11) is 0. The zero-order valence-corrected chi connectivity index (χ0v) is 10.4. The van der Waals surface area contributed by atoms with Crippen molar-refractivity contribution in [3.63, 3.8) is 0 Å². The summed E-state index contributed by atoms with van der Waals surface area (Å²) >= 11 is 17.5. The van der Waals surface area contributed by atoms with E-state index in [1.165, 1.54) is 0 Å². The first-order chi connectivity index (χ1) is 7.05. The Hall–Kier alpha value is 0.0500. The lowest BCUT2D eigenvalue weighted by atomic mass is 10.0. The van der Waals surface area contributed by atoms with Crippen LogP contribution in [0.5, 0.6) is 0 Å². The molecule has 0 aliphatic heterocycles. The highest BCUT2D eigenvalue weighted by Gasteiger charge is 2.25. The third kappa shape index (κ3) is 4.20. The van der Waals surface area contributed by atoms with Crippen LogP contribution in [-0.2, 0) is 15.3 Å². The lowest BCUT2D eigenvalue weighted by Gasteiger charge is -2.16. The third-order valence-corrected chi connectivity index (χ3v) is 2.77. The van der Waals surface area contributed by atoms with E-state index in [2.05, 4.69) is 0 Å². The van der Waals surface area contributed by atoms with Gasteiger partial charge in [-0.25, -0.2) is 5.11 Å². The second-order valence-corrected chi connectivity index (χ2v) is 5.60. The summed E-state index contributed by atoms with van der Waals surface area (Å²) < 4.78 is -1.38. The van der Waals surface area contributed by atoms with Crippen molar-refractivity contribution in [1.82, 2.24) is 0 Å². The van der Waals surface area contributed by atoms with Gasteiger partial charge in [0.25, 0.3) is 0 Å². The second kappa shape index (κ2) is 5.95. The summed E-state index contributed by atoms with van der Waals surface area (Å²) in [4.78, 5) is 0. The van der Waals surface area contributed by atoms with Crippen LogP contribution in [0, 0.1) is 0 Å². The van der Waals surface area contributed by atoms with Crippen LogP contribution in [0.1, 0.15) is 24.0 Å². The molecule has 83 valence electrons. The Kier molecular flexibility index (Phi) is 5.20. The standard InChI is InChI=1S/C11H12Cl3O/c12-11(13,14)10-7-2-1-5-9(10)6-3-4-8-15/h1-2,5,7H,3-4,6,8H2. The van der Waals surface area contributed by atoms with Crippen molar-refractivity contribution >= 4 is 34.8 Å². The molecule has 4 heteroatoms. The van der Waals surface area contributed by atoms with Crippen LogP contribution in [0.15, 0.2) is 24.3 Å². The maximum atomic E-state index is 10.3. The van der Waals surface area contributed by atoms with E-state index in [9.17, 15) is 5.11 Å². The Balaban J connectivity index is 2.78. The molecule has 0 aliphatic rings. The monoisotopic (exact) mass is 265 g/mol. The zero-order chi connectivity index (χ0) is 11.3. The van der Waals surface area contributed by atoms with E-state index in [1.807, 2.05) is 18.2 Å². The van der Waals surface area contributed by atoms with Crippen LogP contribution in [0.3, 0.4) is 0 Å². The van der Waals surface area contributed by atoms with Gasteiger partial charge in [0.15, 0.2) is 0 Å². The van der Waals surface area contributed by atoms with Gasteiger partial charge in [0.2, 0.25) is 3.79 Å². The molecule has 0 atom stereocenters. The number of rotatable bonds is 4. The van der Waals surface area contributed by atoms with Gasteiger partial charge in [-0.05, 0) is 24.8 Å². The van der Waals surface area contributed by atoms with Gasteiger partial charge in [0.1, 0.15) is 0 Å². The third-order valence-electron chi connectivity index (χ3n) is 2.16. The lowest BCUT2D eigenvalue weighted by Crippen LogP contribution is -2.05. The minimum Gasteiger partial charge on any atom is -0.237 e. The Morgan fingerprint density at radius 3 is 2.33 bits per heavy atom. The lowest BCUT2D eigenvalue weighted by molar-refractivity contribution is 0.187. The molecule has 0 saturated carbocycles. The van der Waals surface area contributed by atoms with Gasteiger partial charge in [-0.1, -0.05) is 59.1 Å². The largest absolute Gasteiger partial charge is 0.237 e. The van der Waals surface area contributed by atoms with E-state index in [4.69, 9.17) is 34.8 Å². The van der Waals surface area contributed by atoms with E-state index in [0.717, 1.165) is 18.4 Å². The molecule has 1 aromatic rings. The molecule has 0 aliphatic carbocycles. The topological polar surface area (TPSA) is 19.9 Å². The fourth-order valence-electron chi connectivity index (χ4n) is 1.43. The van der Waals surface area contributed by atoms with Crippen LogP contribution in [0.25, 0.3) is 0 Å². The fourth-order valence-corrected chi connectivity index (χ4v) is 1.99. The summed E-state index contributed by atoms with van der Waals surface area (Å²) in [6.45, 7) is -0.0457. The molecular formula is C11H12Cl3O. The van der Waals surface area contributed by atoms with Crippen molar-refractivity contribution < 1.29 is 5.11 Å². The van der Waals surface area contributed by atoms with Gasteiger partial charge in [-0.2, -0.15) is 0 Å². The average molecular weight is 267 g/mol. The molecule has 0 heterocycles. The number of hydrogen-bond donors (Lipinski definition) is 0. The Labute approximate surface area is 105 Å². The predicted molar refractivity (Wildman–Crippen MR) is 64.2 cm³/mol. The summed E-state index contributed by atoms with van der Waals surface area (Å²) in [5.41, 5.74) is 1.71. The minimum absolute atomic E-state index is 0.0457. The van der Waals surface area contributed by atoms with Gasteiger partial charge in [0.05, 0.1) is 6.61 Å². The van der Waals surface area contributed by atoms with Crippen molar-refractivity contribution in [2.24, 2.45) is 0 Å². The summed E-state index contributed by atoms with van der Waals surface area (Å²) in [5, 5.41) is 10.3.